The smallest absolute Gasteiger partial charge is 0.237 e. The number of aryl methyl sites for hydroxylation is 1. The number of para-hydroxylation sites is 2. The van der Waals surface area contributed by atoms with Crippen molar-refractivity contribution in [3.05, 3.63) is 77.7 Å². The Morgan fingerprint density at radius 1 is 0.889 bits per heavy atom. The van der Waals surface area contributed by atoms with Crippen LogP contribution in [0.1, 0.15) is 29.7 Å². The molecule has 0 fully saturated rings. The number of anilines is 1. The molecule has 0 aliphatic heterocycles. The van der Waals surface area contributed by atoms with Crippen molar-refractivity contribution >= 4 is 16.9 Å². The molecular weight excluding hydrogens is 334 g/mol. The number of rotatable bonds is 4. The van der Waals surface area contributed by atoms with Gasteiger partial charge in [0.1, 0.15) is 12.1 Å². The molecule has 0 amide bonds. The molecule has 2 heterocycles. The number of imidazole rings is 1. The number of hydrogen-bond acceptors (Lipinski definition) is 4. The van der Waals surface area contributed by atoms with Crippen molar-refractivity contribution in [1.82, 2.24) is 19.5 Å². The molecule has 1 aliphatic rings. The van der Waals surface area contributed by atoms with E-state index in [1.54, 1.807) is 0 Å². The first-order valence-electron chi connectivity index (χ1n) is 9.48. The van der Waals surface area contributed by atoms with Crippen molar-refractivity contribution in [2.45, 2.75) is 32.2 Å². The van der Waals surface area contributed by atoms with Gasteiger partial charge in [0.25, 0.3) is 0 Å². The van der Waals surface area contributed by atoms with E-state index in [1.165, 1.54) is 29.7 Å². The van der Waals surface area contributed by atoms with Crippen molar-refractivity contribution < 1.29 is 0 Å². The van der Waals surface area contributed by atoms with Crippen molar-refractivity contribution in [1.29, 1.82) is 0 Å². The summed E-state index contributed by atoms with van der Waals surface area (Å²) < 4.78 is 1.98. The maximum Gasteiger partial charge on any atom is 0.237 e. The third-order valence-electron chi connectivity index (χ3n) is 5.14. The molecule has 2 aromatic heterocycles. The fourth-order valence-corrected chi connectivity index (χ4v) is 3.74. The monoisotopic (exact) mass is 355 g/mol. The summed E-state index contributed by atoms with van der Waals surface area (Å²) in [6.45, 7) is 0.758. The summed E-state index contributed by atoms with van der Waals surface area (Å²) in [4.78, 5) is 14.3. The summed E-state index contributed by atoms with van der Waals surface area (Å²) in [5.74, 6) is 1.65. The van der Waals surface area contributed by atoms with Crippen molar-refractivity contribution in [2.24, 2.45) is 0 Å². The van der Waals surface area contributed by atoms with E-state index in [0.717, 1.165) is 36.2 Å². The predicted molar refractivity (Wildman–Crippen MR) is 107 cm³/mol. The zero-order valence-electron chi connectivity index (χ0n) is 15.1. The Hall–Kier alpha value is -3.21. The molecule has 0 atom stereocenters. The van der Waals surface area contributed by atoms with E-state index in [-0.39, 0.29) is 0 Å². The molecule has 0 radical (unpaired) electrons. The van der Waals surface area contributed by atoms with E-state index >= 15 is 0 Å². The van der Waals surface area contributed by atoms with Crippen LogP contribution in [0.3, 0.4) is 0 Å². The largest absolute Gasteiger partial charge is 0.366 e. The quantitative estimate of drug-likeness (QED) is 0.593. The predicted octanol–water partition coefficient (Wildman–Crippen LogP) is 4.31. The van der Waals surface area contributed by atoms with Crippen LogP contribution in [-0.4, -0.2) is 19.5 Å². The molecule has 134 valence electrons. The normalized spacial score (nSPS) is 13.5. The number of aromatic nitrogens is 4. The molecule has 1 N–H and O–H groups in total. The lowest BCUT2D eigenvalue weighted by Crippen LogP contribution is -2.15. The number of benzene rings is 2. The summed E-state index contributed by atoms with van der Waals surface area (Å²) in [5.41, 5.74) is 5.67. The average molecular weight is 355 g/mol. The van der Waals surface area contributed by atoms with Crippen LogP contribution < -0.4 is 5.32 Å². The van der Waals surface area contributed by atoms with Gasteiger partial charge in [0.2, 0.25) is 5.95 Å². The second-order valence-corrected chi connectivity index (χ2v) is 6.95. The highest BCUT2D eigenvalue weighted by atomic mass is 15.2. The van der Waals surface area contributed by atoms with Crippen molar-refractivity contribution in [3.63, 3.8) is 0 Å². The Bertz CT molecular complexity index is 1080. The highest BCUT2D eigenvalue weighted by molar-refractivity contribution is 5.76. The molecule has 27 heavy (non-hydrogen) atoms. The second kappa shape index (κ2) is 6.83. The average Bonchev–Trinajstić information content (AvgIpc) is 3.17. The third kappa shape index (κ3) is 3.05. The molecule has 0 saturated heterocycles. The highest BCUT2D eigenvalue weighted by Crippen LogP contribution is 2.27. The fraction of sp³-hybridized carbons (Fsp3) is 0.227. The zero-order chi connectivity index (χ0) is 18.1. The van der Waals surface area contributed by atoms with Crippen LogP contribution in [0, 0.1) is 0 Å². The van der Waals surface area contributed by atoms with Crippen molar-refractivity contribution in [2.75, 3.05) is 5.32 Å². The first-order valence-corrected chi connectivity index (χ1v) is 9.48. The Labute approximate surface area is 158 Å². The van der Waals surface area contributed by atoms with Gasteiger partial charge in [0, 0.05) is 12.1 Å². The van der Waals surface area contributed by atoms with Gasteiger partial charge in [-0.3, -0.25) is 4.57 Å². The third-order valence-corrected chi connectivity index (χ3v) is 5.14. The van der Waals surface area contributed by atoms with Gasteiger partial charge in [-0.2, -0.15) is 4.98 Å². The minimum Gasteiger partial charge on any atom is -0.366 e. The Morgan fingerprint density at radius 3 is 2.63 bits per heavy atom. The van der Waals surface area contributed by atoms with Gasteiger partial charge in [0.15, 0.2) is 0 Å². The van der Waals surface area contributed by atoms with Crippen LogP contribution in [0.15, 0.2) is 60.9 Å². The van der Waals surface area contributed by atoms with E-state index in [0.29, 0.717) is 5.95 Å². The number of nitrogens with one attached hydrogen (secondary N) is 1. The molecule has 1 aliphatic carbocycles. The first-order chi connectivity index (χ1) is 13.4. The molecule has 5 nitrogen and oxygen atoms in total. The first kappa shape index (κ1) is 16.0. The van der Waals surface area contributed by atoms with Gasteiger partial charge >= 0.3 is 0 Å². The van der Waals surface area contributed by atoms with Crippen LogP contribution >= 0.6 is 0 Å². The minimum absolute atomic E-state index is 0.694. The molecule has 2 aromatic carbocycles. The van der Waals surface area contributed by atoms with E-state index in [2.05, 4.69) is 40.6 Å². The SMILES string of the molecule is c1ccc(CNc2nc(-n3cnc4ccccc43)nc3c2CCCC3)cc1. The molecule has 0 spiro atoms. The number of nitrogens with zero attached hydrogens (tertiary/aromatic N) is 4. The topological polar surface area (TPSA) is 55.6 Å². The lowest BCUT2D eigenvalue weighted by molar-refractivity contribution is 0.659. The van der Waals surface area contributed by atoms with Crippen LogP contribution in [0.2, 0.25) is 0 Å². The molecule has 5 heteroatoms. The van der Waals surface area contributed by atoms with Gasteiger partial charge in [-0.15, -0.1) is 0 Å². The van der Waals surface area contributed by atoms with E-state index in [9.17, 15) is 0 Å². The summed E-state index contributed by atoms with van der Waals surface area (Å²) >= 11 is 0. The molecular formula is C22H21N5. The van der Waals surface area contributed by atoms with Gasteiger partial charge in [0.05, 0.1) is 16.7 Å². The van der Waals surface area contributed by atoms with Gasteiger partial charge in [-0.05, 0) is 43.4 Å². The van der Waals surface area contributed by atoms with Crippen LogP contribution in [0.4, 0.5) is 5.82 Å². The number of hydrogen-bond donors (Lipinski definition) is 1. The lowest BCUT2D eigenvalue weighted by atomic mass is 9.96. The molecule has 5 rings (SSSR count). The lowest BCUT2D eigenvalue weighted by Gasteiger charge is -2.20. The van der Waals surface area contributed by atoms with E-state index in [4.69, 9.17) is 9.97 Å². The molecule has 0 saturated carbocycles. The highest BCUT2D eigenvalue weighted by Gasteiger charge is 2.19. The maximum atomic E-state index is 4.89. The van der Waals surface area contributed by atoms with E-state index in [1.807, 2.05) is 35.2 Å². The molecule has 0 bridgehead atoms. The van der Waals surface area contributed by atoms with Gasteiger partial charge in [-0.25, -0.2) is 9.97 Å². The summed E-state index contributed by atoms with van der Waals surface area (Å²) in [6.07, 6.45) is 6.25. The summed E-state index contributed by atoms with van der Waals surface area (Å²) in [5, 5.41) is 3.55. The number of fused-ring (bicyclic) bond motifs is 2. The zero-order valence-corrected chi connectivity index (χ0v) is 15.1. The van der Waals surface area contributed by atoms with Crippen LogP contribution in [-0.2, 0) is 19.4 Å². The van der Waals surface area contributed by atoms with E-state index < -0.39 is 0 Å². The summed E-state index contributed by atoms with van der Waals surface area (Å²) in [6, 6.07) is 18.5. The van der Waals surface area contributed by atoms with Gasteiger partial charge in [-0.1, -0.05) is 42.5 Å². The fourth-order valence-electron chi connectivity index (χ4n) is 3.74. The van der Waals surface area contributed by atoms with Crippen LogP contribution in [0.25, 0.3) is 17.0 Å². The van der Waals surface area contributed by atoms with Crippen molar-refractivity contribution in [3.8, 4) is 5.95 Å². The minimum atomic E-state index is 0.694. The Morgan fingerprint density at radius 2 is 1.70 bits per heavy atom. The molecule has 4 aromatic rings. The molecule has 0 unspecified atom stereocenters. The van der Waals surface area contributed by atoms with Crippen LogP contribution in [0.5, 0.6) is 0 Å². The maximum absolute atomic E-state index is 4.89. The standard InChI is InChI=1S/C22H21N5/c1-2-8-16(9-3-1)14-23-21-17-10-4-5-11-18(17)25-22(26-21)27-15-24-19-12-6-7-13-20(19)27/h1-3,6-9,12-13,15H,4-5,10-11,14H2,(H,23,25,26). The summed E-state index contributed by atoms with van der Waals surface area (Å²) in [7, 11) is 0. The Kier molecular flexibility index (Phi) is 4.05. The van der Waals surface area contributed by atoms with Gasteiger partial charge < -0.3 is 5.32 Å². The Balaban J connectivity index is 1.56. The second-order valence-electron chi connectivity index (χ2n) is 6.95.